The van der Waals surface area contributed by atoms with Crippen molar-refractivity contribution in [2.45, 2.75) is 32.2 Å². The van der Waals surface area contributed by atoms with Crippen molar-refractivity contribution >= 4 is 34.3 Å². The highest BCUT2D eigenvalue weighted by molar-refractivity contribution is 14.1. The van der Waals surface area contributed by atoms with Crippen molar-refractivity contribution in [1.82, 2.24) is 14.9 Å². The van der Waals surface area contributed by atoms with Crippen LogP contribution in [0, 0.1) is 3.57 Å². The van der Waals surface area contributed by atoms with E-state index in [-0.39, 0.29) is 11.9 Å². The van der Waals surface area contributed by atoms with Gasteiger partial charge in [0.2, 0.25) is 5.91 Å². The molecule has 6 heteroatoms. The van der Waals surface area contributed by atoms with E-state index in [2.05, 4.69) is 37.9 Å². The Balaban J connectivity index is 1.96. The van der Waals surface area contributed by atoms with E-state index in [0.717, 1.165) is 35.3 Å². The molecule has 1 amide bonds. The Kier molecular flexibility index (Phi) is 4.73. The average Bonchev–Trinajstić information content (AvgIpc) is 2.41. The Bertz CT molecular complexity index is 420. The molecule has 2 rings (SSSR count). The molecule has 1 unspecified atom stereocenters. The van der Waals surface area contributed by atoms with Crippen molar-refractivity contribution in [3.63, 3.8) is 0 Å². The maximum atomic E-state index is 12.2. The molecule has 1 fully saturated rings. The van der Waals surface area contributed by atoms with E-state index in [1.54, 1.807) is 6.20 Å². The highest BCUT2D eigenvalue weighted by Gasteiger charge is 2.22. The van der Waals surface area contributed by atoms with Crippen LogP contribution in [0.4, 0.5) is 5.82 Å². The highest BCUT2D eigenvalue weighted by Crippen LogP contribution is 2.15. The predicted octanol–water partition coefficient (Wildman–Crippen LogP) is 1.89. The topological polar surface area (TPSA) is 58.1 Å². The first-order chi connectivity index (χ1) is 8.68. The summed E-state index contributed by atoms with van der Waals surface area (Å²) in [6, 6.07) is -0.244. The Morgan fingerprint density at radius 3 is 2.83 bits per heavy atom. The van der Waals surface area contributed by atoms with Crippen molar-refractivity contribution in [2.75, 3.05) is 18.4 Å². The summed E-state index contributed by atoms with van der Waals surface area (Å²) >= 11 is 2.16. The van der Waals surface area contributed by atoms with Gasteiger partial charge < -0.3 is 10.2 Å². The third-order valence-corrected chi connectivity index (χ3v) is 3.85. The van der Waals surface area contributed by atoms with Crippen LogP contribution in [0.1, 0.15) is 26.2 Å². The number of aromatic nitrogens is 2. The number of likely N-dealkylation sites (tertiary alicyclic amines) is 1. The van der Waals surface area contributed by atoms with Crippen LogP contribution in [-0.4, -0.2) is 39.9 Å². The number of hydrogen-bond donors (Lipinski definition) is 1. The van der Waals surface area contributed by atoms with E-state index in [9.17, 15) is 4.79 Å². The van der Waals surface area contributed by atoms with Gasteiger partial charge in [-0.05, 0) is 48.8 Å². The molecule has 5 nitrogen and oxygen atoms in total. The molecule has 1 aliphatic heterocycles. The molecule has 98 valence electrons. The van der Waals surface area contributed by atoms with Crippen molar-refractivity contribution in [3.8, 4) is 0 Å². The van der Waals surface area contributed by atoms with Crippen molar-refractivity contribution < 1.29 is 4.79 Å². The molecule has 1 saturated heterocycles. The Hall–Kier alpha value is -0.920. The summed E-state index contributed by atoms with van der Waals surface area (Å²) in [5, 5.41) is 3.16. The van der Waals surface area contributed by atoms with E-state index in [1.165, 1.54) is 12.7 Å². The van der Waals surface area contributed by atoms with Crippen LogP contribution in [0.15, 0.2) is 12.5 Å². The van der Waals surface area contributed by atoms with E-state index >= 15 is 0 Å². The molecular weight excluding hydrogens is 343 g/mol. The van der Waals surface area contributed by atoms with Gasteiger partial charge in [0.15, 0.2) is 0 Å². The van der Waals surface area contributed by atoms with Crippen LogP contribution in [-0.2, 0) is 4.79 Å². The summed E-state index contributed by atoms with van der Waals surface area (Å²) in [7, 11) is 0. The highest BCUT2D eigenvalue weighted by atomic mass is 127. The summed E-state index contributed by atoms with van der Waals surface area (Å²) in [6.07, 6.45) is 6.68. The molecule has 0 saturated carbocycles. The number of halogens is 1. The van der Waals surface area contributed by atoms with Gasteiger partial charge in [0.25, 0.3) is 0 Å². The summed E-state index contributed by atoms with van der Waals surface area (Å²) in [5.41, 5.74) is 0. The molecule has 0 aromatic carbocycles. The van der Waals surface area contributed by atoms with Crippen molar-refractivity contribution in [1.29, 1.82) is 0 Å². The molecule has 0 aliphatic carbocycles. The minimum atomic E-state index is -0.244. The van der Waals surface area contributed by atoms with Crippen LogP contribution in [0.2, 0.25) is 0 Å². The van der Waals surface area contributed by atoms with Gasteiger partial charge >= 0.3 is 0 Å². The van der Waals surface area contributed by atoms with Gasteiger partial charge in [-0.15, -0.1) is 0 Å². The zero-order valence-corrected chi connectivity index (χ0v) is 12.6. The van der Waals surface area contributed by atoms with Gasteiger partial charge in [0.05, 0.1) is 3.57 Å². The zero-order valence-electron chi connectivity index (χ0n) is 10.4. The summed E-state index contributed by atoms with van der Waals surface area (Å²) in [4.78, 5) is 22.2. The number of anilines is 1. The lowest BCUT2D eigenvalue weighted by Crippen LogP contribution is -2.44. The predicted molar refractivity (Wildman–Crippen MR) is 78.3 cm³/mol. The molecule has 0 radical (unpaired) electrons. The van der Waals surface area contributed by atoms with Crippen LogP contribution >= 0.6 is 22.6 Å². The second-order valence-corrected chi connectivity index (χ2v) is 5.63. The van der Waals surface area contributed by atoms with Gasteiger partial charge in [0, 0.05) is 19.3 Å². The number of piperidine rings is 1. The largest absolute Gasteiger partial charge is 0.358 e. The van der Waals surface area contributed by atoms with Crippen LogP contribution in [0.3, 0.4) is 0 Å². The lowest BCUT2D eigenvalue weighted by Gasteiger charge is -2.29. The summed E-state index contributed by atoms with van der Waals surface area (Å²) < 4.78 is 0.924. The fourth-order valence-corrected chi connectivity index (χ4v) is 2.53. The molecule has 1 atom stereocenters. The summed E-state index contributed by atoms with van der Waals surface area (Å²) in [6.45, 7) is 3.65. The van der Waals surface area contributed by atoms with Crippen molar-refractivity contribution in [3.05, 3.63) is 16.1 Å². The summed E-state index contributed by atoms with van der Waals surface area (Å²) in [5.74, 6) is 0.882. The first kappa shape index (κ1) is 13.5. The van der Waals surface area contributed by atoms with Crippen LogP contribution in [0.5, 0.6) is 0 Å². The van der Waals surface area contributed by atoms with Crippen LogP contribution < -0.4 is 5.32 Å². The maximum Gasteiger partial charge on any atom is 0.244 e. The Morgan fingerprint density at radius 1 is 1.44 bits per heavy atom. The Morgan fingerprint density at radius 2 is 2.17 bits per heavy atom. The van der Waals surface area contributed by atoms with Gasteiger partial charge in [-0.3, -0.25) is 4.79 Å². The normalized spacial score (nSPS) is 17.3. The van der Waals surface area contributed by atoms with E-state index in [1.807, 2.05) is 11.8 Å². The molecule has 18 heavy (non-hydrogen) atoms. The lowest BCUT2D eigenvalue weighted by atomic mass is 10.1. The quantitative estimate of drug-likeness (QED) is 0.837. The molecule has 0 spiro atoms. The van der Waals surface area contributed by atoms with E-state index < -0.39 is 0 Å². The zero-order chi connectivity index (χ0) is 13.0. The second kappa shape index (κ2) is 6.31. The monoisotopic (exact) mass is 360 g/mol. The first-order valence-corrected chi connectivity index (χ1v) is 7.27. The number of amides is 1. The molecule has 2 heterocycles. The third-order valence-electron chi connectivity index (χ3n) is 3.06. The first-order valence-electron chi connectivity index (χ1n) is 6.19. The molecule has 1 aromatic heterocycles. The minimum Gasteiger partial charge on any atom is -0.358 e. The van der Waals surface area contributed by atoms with Gasteiger partial charge in [-0.25, -0.2) is 9.97 Å². The van der Waals surface area contributed by atoms with Gasteiger partial charge in [-0.2, -0.15) is 0 Å². The van der Waals surface area contributed by atoms with Crippen molar-refractivity contribution in [2.24, 2.45) is 0 Å². The van der Waals surface area contributed by atoms with Gasteiger partial charge in [0.1, 0.15) is 18.2 Å². The van der Waals surface area contributed by atoms with Gasteiger partial charge in [-0.1, -0.05) is 0 Å². The standard InChI is InChI=1S/C12H17IN4O/c1-9(12(18)17-5-3-2-4-6-17)16-11-10(13)7-14-8-15-11/h7-9H,2-6H2,1H3,(H,14,15,16). The third kappa shape index (κ3) is 3.30. The fraction of sp³-hybridized carbons (Fsp3) is 0.583. The number of carbonyl (C=O) groups excluding carboxylic acids is 1. The number of nitrogens with zero attached hydrogens (tertiary/aromatic N) is 3. The lowest BCUT2D eigenvalue weighted by molar-refractivity contribution is -0.132. The minimum absolute atomic E-state index is 0.157. The molecular formula is C12H17IN4O. The average molecular weight is 360 g/mol. The fourth-order valence-electron chi connectivity index (χ4n) is 2.07. The molecule has 1 aromatic rings. The number of rotatable bonds is 3. The number of nitrogens with one attached hydrogen (secondary N) is 1. The van der Waals surface area contributed by atoms with E-state index in [0.29, 0.717) is 0 Å². The SMILES string of the molecule is CC(Nc1ncncc1I)C(=O)N1CCCCC1. The maximum absolute atomic E-state index is 12.2. The number of carbonyl (C=O) groups is 1. The Labute approximate surface area is 121 Å². The van der Waals surface area contributed by atoms with Crippen LogP contribution in [0.25, 0.3) is 0 Å². The number of hydrogen-bond acceptors (Lipinski definition) is 4. The molecule has 1 N–H and O–H groups in total. The van der Waals surface area contributed by atoms with E-state index in [4.69, 9.17) is 0 Å². The smallest absolute Gasteiger partial charge is 0.244 e. The molecule has 1 aliphatic rings. The molecule has 0 bridgehead atoms. The second-order valence-electron chi connectivity index (χ2n) is 4.47.